The Hall–Kier alpha value is -1.25. The van der Waals surface area contributed by atoms with Crippen molar-refractivity contribution in [3.05, 3.63) is 23.7 Å². The molecule has 1 aromatic heterocycles. The molecule has 0 saturated carbocycles. The zero-order chi connectivity index (χ0) is 8.55. The molecule has 3 nitrogen and oxygen atoms in total. The van der Waals surface area contributed by atoms with Gasteiger partial charge in [-0.05, 0) is 24.0 Å². The summed E-state index contributed by atoms with van der Waals surface area (Å²) in [5.41, 5.74) is 2.29. The van der Waals surface area contributed by atoms with Crippen LogP contribution in [0.4, 0.5) is 0 Å². The zero-order valence-corrected chi connectivity index (χ0v) is 6.87. The third kappa shape index (κ3) is 1.02. The van der Waals surface area contributed by atoms with Gasteiger partial charge in [0.2, 0.25) is 0 Å². The average molecular weight is 166 g/mol. The number of esters is 1. The Balaban J connectivity index is 2.12. The van der Waals surface area contributed by atoms with E-state index in [0.29, 0.717) is 0 Å². The number of fused-ring (bicyclic) bond motifs is 1. The van der Waals surface area contributed by atoms with Crippen LogP contribution in [0, 0.1) is 5.92 Å². The topological polar surface area (TPSA) is 39.4 Å². The van der Waals surface area contributed by atoms with Gasteiger partial charge in [-0.25, -0.2) is 0 Å². The molecule has 0 atom stereocenters. The maximum Gasteiger partial charge on any atom is 0.309 e. The van der Waals surface area contributed by atoms with Gasteiger partial charge in [0.05, 0.1) is 25.6 Å². The van der Waals surface area contributed by atoms with E-state index < -0.39 is 0 Å². The molecule has 1 aliphatic rings. The van der Waals surface area contributed by atoms with Crippen molar-refractivity contribution in [2.24, 2.45) is 5.92 Å². The average Bonchev–Trinajstić information content (AvgIpc) is 2.60. The van der Waals surface area contributed by atoms with Gasteiger partial charge < -0.3 is 9.15 Å². The predicted molar refractivity (Wildman–Crippen MR) is 41.6 cm³/mol. The number of carbonyl (C=O) groups excluding carboxylic acids is 1. The molecule has 1 aromatic rings. The Morgan fingerprint density at radius 1 is 1.50 bits per heavy atom. The minimum atomic E-state index is -0.119. The van der Waals surface area contributed by atoms with Gasteiger partial charge in [0.25, 0.3) is 0 Å². The molecule has 0 radical (unpaired) electrons. The second kappa shape index (κ2) is 2.66. The van der Waals surface area contributed by atoms with Gasteiger partial charge >= 0.3 is 5.97 Å². The van der Waals surface area contributed by atoms with Gasteiger partial charge in [0.1, 0.15) is 0 Å². The Labute approximate surface area is 70.3 Å². The van der Waals surface area contributed by atoms with E-state index in [9.17, 15) is 4.79 Å². The Bertz CT molecular complexity index is 280. The van der Waals surface area contributed by atoms with Crippen molar-refractivity contribution < 1.29 is 13.9 Å². The molecule has 12 heavy (non-hydrogen) atoms. The number of ether oxygens (including phenoxy) is 1. The molecule has 1 heterocycles. The lowest BCUT2D eigenvalue weighted by atomic mass is 10.1. The number of methoxy groups -OCH3 is 1. The van der Waals surface area contributed by atoms with Crippen molar-refractivity contribution in [3.8, 4) is 0 Å². The molecule has 0 spiro atoms. The van der Waals surface area contributed by atoms with Gasteiger partial charge in [-0.2, -0.15) is 0 Å². The van der Waals surface area contributed by atoms with Crippen LogP contribution in [0.2, 0.25) is 0 Å². The second-order valence-corrected chi connectivity index (χ2v) is 3.05. The molecule has 0 bridgehead atoms. The summed E-state index contributed by atoms with van der Waals surface area (Å²) in [6.07, 6.45) is 4.94. The Morgan fingerprint density at radius 3 is 2.58 bits per heavy atom. The molecule has 0 fully saturated rings. The number of furan rings is 1. The highest BCUT2D eigenvalue weighted by Gasteiger charge is 2.29. The highest BCUT2D eigenvalue weighted by molar-refractivity contribution is 5.74. The van der Waals surface area contributed by atoms with E-state index in [4.69, 9.17) is 4.42 Å². The standard InChI is InChI=1S/C9H10O3/c1-11-9(10)6-2-7-4-12-5-8(7)3-6/h4-6H,2-3H2,1H3. The smallest absolute Gasteiger partial charge is 0.309 e. The van der Waals surface area contributed by atoms with Crippen LogP contribution in [0.1, 0.15) is 11.1 Å². The van der Waals surface area contributed by atoms with E-state index in [0.717, 1.165) is 24.0 Å². The molecule has 3 heteroatoms. The van der Waals surface area contributed by atoms with Gasteiger partial charge in [-0.1, -0.05) is 0 Å². The Kier molecular flexibility index (Phi) is 1.64. The zero-order valence-electron chi connectivity index (χ0n) is 6.87. The number of hydrogen-bond donors (Lipinski definition) is 0. The summed E-state index contributed by atoms with van der Waals surface area (Å²) >= 11 is 0. The van der Waals surface area contributed by atoms with Crippen molar-refractivity contribution in [2.45, 2.75) is 12.8 Å². The fourth-order valence-electron chi connectivity index (χ4n) is 1.64. The summed E-state index contributed by atoms with van der Waals surface area (Å²) in [6.45, 7) is 0. The highest BCUT2D eigenvalue weighted by atomic mass is 16.5. The maximum atomic E-state index is 11.1. The van der Waals surface area contributed by atoms with E-state index in [1.54, 1.807) is 12.5 Å². The minimum absolute atomic E-state index is 0.0106. The third-order valence-corrected chi connectivity index (χ3v) is 2.30. The molecule has 0 saturated heterocycles. The van der Waals surface area contributed by atoms with Crippen LogP contribution in [0.15, 0.2) is 16.9 Å². The number of rotatable bonds is 1. The molecule has 0 unspecified atom stereocenters. The summed E-state index contributed by atoms with van der Waals surface area (Å²) in [6, 6.07) is 0. The van der Waals surface area contributed by atoms with Crippen LogP contribution >= 0.6 is 0 Å². The largest absolute Gasteiger partial charge is 0.472 e. The first-order chi connectivity index (χ1) is 5.81. The third-order valence-electron chi connectivity index (χ3n) is 2.30. The van der Waals surface area contributed by atoms with Crippen LogP contribution in [0.25, 0.3) is 0 Å². The summed E-state index contributed by atoms with van der Waals surface area (Å²) < 4.78 is 9.66. The van der Waals surface area contributed by atoms with Crippen LogP contribution in [0.3, 0.4) is 0 Å². The SMILES string of the molecule is COC(=O)C1Cc2cocc2C1. The highest BCUT2D eigenvalue weighted by Crippen LogP contribution is 2.27. The van der Waals surface area contributed by atoms with Gasteiger partial charge in [-0.15, -0.1) is 0 Å². The first kappa shape index (κ1) is 7.40. The van der Waals surface area contributed by atoms with Crippen molar-refractivity contribution in [2.75, 3.05) is 7.11 Å². The summed E-state index contributed by atoms with van der Waals surface area (Å²) in [7, 11) is 1.43. The lowest BCUT2D eigenvalue weighted by molar-refractivity contribution is -0.145. The molecule has 0 aromatic carbocycles. The molecule has 0 aliphatic heterocycles. The molecular formula is C9H10O3. The lowest BCUT2D eigenvalue weighted by Crippen LogP contribution is -2.16. The summed E-state index contributed by atoms with van der Waals surface area (Å²) in [4.78, 5) is 11.1. The van der Waals surface area contributed by atoms with Crippen LogP contribution in [-0.2, 0) is 22.4 Å². The van der Waals surface area contributed by atoms with E-state index in [-0.39, 0.29) is 11.9 Å². The second-order valence-electron chi connectivity index (χ2n) is 3.05. The number of hydrogen-bond acceptors (Lipinski definition) is 3. The van der Waals surface area contributed by atoms with Crippen LogP contribution in [0.5, 0.6) is 0 Å². The first-order valence-corrected chi connectivity index (χ1v) is 3.93. The Morgan fingerprint density at radius 2 is 2.08 bits per heavy atom. The van der Waals surface area contributed by atoms with Crippen molar-refractivity contribution in [1.82, 2.24) is 0 Å². The van der Waals surface area contributed by atoms with E-state index in [1.807, 2.05) is 0 Å². The van der Waals surface area contributed by atoms with Crippen LogP contribution < -0.4 is 0 Å². The molecule has 2 rings (SSSR count). The predicted octanol–water partition coefficient (Wildman–Crippen LogP) is 1.17. The maximum absolute atomic E-state index is 11.1. The van der Waals surface area contributed by atoms with Gasteiger partial charge in [-0.3, -0.25) is 4.79 Å². The van der Waals surface area contributed by atoms with Crippen LogP contribution in [-0.4, -0.2) is 13.1 Å². The minimum Gasteiger partial charge on any atom is -0.472 e. The first-order valence-electron chi connectivity index (χ1n) is 3.93. The van der Waals surface area contributed by atoms with Crippen molar-refractivity contribution >= 4 is 5.97 Å². The van der Waals surface area contributed by atoms with E-state index in [1.165, 1.54) is 7.11 Å². The fraction of sp³-hybridized carbons (Fsp3) is 0.444. The monoisotopic (exact) mass is 166 g/mol. The van der Waals surface area contributed by atoms with Crippen molar-refractivity contribution in [3.63, 3.8) is 0 Å². The summed E-state index contributed by atoms with van der Waals surface area (Å²) in [5, 5.41) is 0. The van der Waals surface area contributed by atoms with Gasteiger partial charge in [0, 0.05) is 0 Å². The molecule has 0 amide bonds. The summed E-state index contributed by atoms with van der Waals surface area (Å²) in [5.74, 6) is -0.109. The van der Waals surface area contributed by atoms with E-state index in [2.05, 4.69) is 4.74 Å². The van der Waals surface area contributed by atoms with Crippen molar-refractivity contribution in [1.29, 1.82) is 0 Å². The normalized spacial score (nSPS) is 16.1. The molecule has 0 N–H and O–H groups in total. The molecule has 64 valence electrons. The lowest BCUT2D eigenvalue weighted by Gasteiger charge is -2.04. The number of carbonyl (C=O) groups is 1. The molecule has 1 aliphatic carbocycles. The quantitative estimate of drug-likeness (QED) is 0.588. The van der Waals surface area contributed by atoms with E-state index >= 15 is 0 Å². The van der Waals surface area contributed by atoms with Gasteiger partial charge in [0.15, 0.2) is 0 Å². The molecular weight excluding hydrogens is 156 g/mol. The fourth-order valence-corrected chi connectivity index (χ4v) is 1.64.